The molecule has 3 rings (SSSR count). The molecule has 1 saturated heterocycles. The number of methoxy groups -OCH3 is 1. The van der Waals surface area contributed by atoms with Gasteiger partial charge in [0.1, 0.15) is 11.6 Å². The van der Waals surface area contributed by atoms with Gasteiger partial charge in [-0.2, -0.15) is 0 Å². The summed E-state index contributed by atoms with van der Waals surface area (Å²) in [5.41, 5.74) is 0.166. The van der Waals surface area contributed by atoms with Gasteiger partial charge in [-0.15, -0.1) is 0 Å². The van der Waals surface area contributed by atoms with Crippen LogP contribution in [0.4, 0.5) is 8.78 Å². The highest BCUT2D eigenvalue weighted by molar-refractivity contribution is 6.46. The molecule has 2 N–H and O–H groups in total. The number of rotatable bonds is 6. The third-order valence-corrected chi connectivity index (χ3v) is 4.71. The van der Waals surface area contributed by atoms with Crippen LogP contribution in [0, 0.1) is 11.6 Å². The molecule has 0 aromatic heterocycles. The largest absolute Gasteiger partial charge is 0.507 e. The fourth-order valence-corrected chi connectivity index (χ4v) is 3.31. The standard InChI is InChI=1S/C21H19F2NO5/c1-29-16-8-5-13(11-15(16)23)19(26)17-18(12-3-6-14(22)7-4-12)24(9-2-10-25)21(28)20(17)27/h3-8,11,18,25-26H,2,9-10H2,1H3/t18-/m1/s1. The van der Waals surface area contributed by atoms with Crippen LogP contribution in [-0.4, -0.2) is 47.1 Å². The summed E-state index contributed by atoms with van der Waals surface area (Å²) in [6, 6.07) is 7.81. The van der Waals surface area contributed by atoms with Crippen LogP contribution in [0.2, 0.25) is 0 Å². The van der Waals surface area contributed by atoms with E-state index in [0.717, 1.165) is 6.07 Å². The number of ether oxygens (including phenoxy) is 1. The number of amides is 1. The van der Waals surface area contributed by atoms with Gasteiger partial charge in [-0.25, -0.2) is 8.78 Å². The fraction of sp³-hybridized carbons (Fsp3) is 0.238. The molecule has 1 atom stereocenters. The zero-order valence-electron chi connectivity index (χ0n) is 15.6. The number of carbonyl (C=O) groups is 2. The normalized spacial score (nSPS) is 18.3. The van der Waals surface area contributed by atoms with E-state index in [-0.39, 0.29) is 36.5 Å². The molecule has 152 valence electrons. The first kappa shape index (κ1) is 20.5. The number of likely N-dealkylation sites (tertiary alicyclic amines) is 1. The highest BCUT2D eigenvalue weighted by Gasteiger charge is 2.45. The third-order valence-electron chi connectivity index (χ3n) is 4.71. The number of hydrogen-bond acceptors (Lipinski definition) is 5. The van der Waals surface area contributed by atoms with Crippen LogP contribution >= 0.6 is 0 Å². The number of hydrogen-bond donors (Lipinski definition) is 2. The van der Waals surface area contributed by atoms with Gasteiger partial charge >= 0.3 is 0 Å². The number of ketones is 1. The Kier molecular flexibility index (Phi) is 5.93. The van der Waals surface area contributed by atoms with Crippen LogP contribution in [0.15, 0.2) is 48.0 Å². The van der Waals surface area contributed by atoms with Crippen molar-refractivity contribution in [2.45, 2.75) is 12.5 Å². The zero-order chi connectivity index (χ0) is 21.1. The van der Waals surface area contributed by atoms with Gasteiger partial charge in [0, 0.05) is 18.7 Å². The minimum absolute atomic E-state index is 0.00410. The van der Waals surface area contributed by atoms with Gasteiger partial charge in [0.25, 0.3) is 11.7 Å². The summed E-state index contributed by atoms with van der Waals surface area (Å²) in [5.74, 6) is -3.64. The van der Waals surface area contributed by atoms with Gasteiger partial charge in [0.15, 0.2) is 11.6 Å². The van der Waals surface area contributed by atoms with E-state index in [1.165, 1.54) is 48.4 Å². The molecule has 1 amide bonds. The monoisotopic (exact) mass is 403 g/mol. The second-order valence-corrected chi connectivity index (χ2v) is 6.47. The topological polar surface area (TPSA) is 87.1 Å². The molecule has 2 aromatic carbocycles. The summed E-state index contributed by atoms with van der Waals surface area (Å²) in [7, 11) is 1.29. The lowest BCUT2D eigenvalue weighted by atomic mass is 9.95. The van der Waals surface area contributed by atoms with Crippen molar-refractivity contribution < 1.29 is 33.3 Å². The maximum absolute atomic E-state index is 14.1. The molecule has 29 heavy (non-hydrogen) atoms. The van der Waals surface area contributed by atoms with E-state index >= 15 is 0 Å². The second kappa shape index (κ2) is 8.40. The van der Waals surface area contributed by atoms with Crippen molar-refractivity contribution >= 4 is 17.4 Å². The molecule has 6 nitrogen and oxygen atoms in total. The molecule has 1 aliphatic rings. The lowest BCUT2D eigenvalue weighted by Crippen LogP contribution is -2.31. The van der Waals surface area contributed by atoms with E-state index in [1.54, 1.807) is 0 Å². The van der Waals surface area contributed by atoms with Gasteiger partial charge < -0.3 is 19.8 Å². The molecular formula is C21H19F2NO5. The molecular weight excluding hydrogens is 384 g/mol. The quantitative estimate of drug-likeness (QED) is 0.440. The van der Waals surface area contributed by atoms with Crippen molar-refractivity contribution in [2.24, 2.45) is 0 Å². The maximum atomic E-state index is 14.1. The van der Waals surface area contributed by atoms with E-state index in [2.05, 4.69) is 0 Å². The Balaban J connectivity index is 2.15. The molecule has 0 radical (unpaired) electrons. The third kappa shape index (κ3) is 3.84. The first-order valence-corrected chi connectivity index (χ1v) is 8.87. The summed E-state index contributed by atoms with van der Waals surface area (Å²) in [5, 5.41) is 19.9. The van der Waals surface area contributed by atoms with Gasteiger partial charge in [0.2, 0.25) is 0 Å². The first-order valence-electron chi connectivity index (χ1n) is 8.87. The Morgan fingerprint density at radius 2 is 1.83 bits per heavy atom. The van der Waals surface area contributed by atoms with Crippen LogP contribution < -0.4 is 4.74 Å². The zero-order valence-corrected chi connectivity index (χ0v) is 15.6. The van der Waals surface area contributed by atoms with Crippen LogP contribution in [0.5, 0.6) is 5.75 Å². The maximum Gasteiger partial charge on any atom is 0.295 e. The van der Waals surface area contributed by atoms with E-state index in [0.29, 0.717) is 5.56 Å². The number of halogens is 2. The Hall–Kier alpha value is -3.26. The summed E-state index contributed by atoms with van der Waals surface area (Å²) in [6.07, 6.45) is 0.210. The Morgan fingerprint density at radius 1 is 1.14 bits per heavy atom. The van der Waals surface area contributed by atoms with Crippen LogP contribution in [-0.2, 0) is 9.59 Å². The van der Waals surface area contributed by atoms with Crippen LogP contribution in [0.3, 0.4) is 0 Å². The van der Waals surface area contributed by atoms with Crippen molar-refractivity contribution in [1.29, 1.82) is 0 Å². The highest BCUT2D eigenvalue weighted by atomic mass is 19.1. The summed E-state index contributed by atoms with van der Waals surface area (Å²) in [4.78, 5) is 26.5. The number of nitrogens with zero attached hydrogens (tertiary/aromatic N) is 1. The van der Waals surface area contributed by atoms with Crippen molar-refractivity contribution in [2.75, 3.05) is 20.3 Å². The van der Waals surface area contributed by atoms with E-state index in [1.807, 2.05) is 0 Å². The molecule has 1 fully saturated rings. The first-order chi connectivity index (χ1) is 13.9. The van der Waals surface area contributed by atoms with E-state index in [4.69, 9.17) is 9.84 Å². The molecule has 0 aliphatic carbocycles. The van der Waals surface area contributed by atoms with Crippen molar-refractivity contribution in [3.8, 4) is 5.75 Å². The predicted octanol–water partition coefficient (Wildman–Crippen LogP) is 2.78. The van der Waals surface area contributed by atoms with Crippen molar-refractivity contribution in [3.63, 3.8) is 0 Å². The van der Waals surface area contributed by atoms with Gasteiger partial charge in [-0.3, -0.25) is 9.59 Å². The number of Topliss-reactive ketones (excluding diaryl/α,β-unsaturated/α-hetero) is 1. The molecule has 0 spiro atoms. The van der Waals surface area contributed by atoms with E-state index in [9.17, 15) is 23.5 Å². The van der Waals surface area contributed by atoms with E-state index < -0.39 is 35.1 Å². The van der Waals surface area contributed by atoms with Crippen molar-refractivity contribution in [3.05, 3.63) is 70.8 Å². The minimum atomic E-state index is -0.993. The average Bonchev–Trinajstić information content (AvgIpc) is 2.96. The minimum Gasteiger partial charge on any atom is -0.507 e. The van der Waals surface area contributed by atoms with Gasteiger partial charge in [0.05, 0.1) is 18.7 Å². The lowest BCUT2D eigenvalue weighted by Gasteiger charge is -2.25. The molecule has 0 bridgehead atoms. The molecule has 2 aromatic rings. The van der Waals surface area contributed by atoms with Crippen LogP contribution in [0.1, 0.15) is 23.6 Å². The molecule has 8 heteroatoms. The summed E-state index contributed by atoms with van der Waals surface area (Å²) >= 11 is 0. The fourth-order valence-electron chi connectivity index (χ4n) is 3.31. The molecule has 0 unspecified atom stereocenters. The van der Waals surface area contributed by atoms with Gasteiger partial charge in [-0.05, 0) is 42.3 Å². The number of carbonyl (C=O) groups excluding carboxylic acids is 2. The SMILES string of the molecule is COc1ccc(C(O)=C2C(=O)C(=O)N(CCCO)[C@@H]2c2ccc(F)cc2)cc1F. The summed E-state index contributed by atoms with van der Waals surface area (Å²) < 4.78 is 32.3. The number of benzene rings is 2. The predicted molar refractivity (Wildman–Crippen MR) is 100 cm³/mol. The Morgan fingerprint density at radius 3 is 2.41 bits per heavy atom. The number of aliphatic hydroxyl groups is 2. The van der Waals surface area contributed by atoms with Gasteiger partial charge in [-0.1, -0.05) is 12.1 Å². The van der Waals surface area contributed by atoms with Crippen molar-refractivity contribution in [1.82, 2.24) is 4.90 Å². The highest BCUT2D eigenvalue weighted by Crippen LogP contribution is 2.39. The lowest BCUT2D eigenvalue weighted by molar-refractivity contribution is -0.140. The molecule has 1 aliphatic heterocycles. The molecule has 1 heterocycles. The Labute approximate surface area is 165 Å². The second-order valence-electron chi connectivity index (χ2n) is 6.47. The number of aliphatic hydroxyl groups excluding tert-OH is 2. The average molecular weight is 403 g/mol. The smallest absolute Gasteiger partial charge is 0.295 e. The summed E-state index contributed by atoms with van der Waals surface area (Å²) in [6.45, 7) is -0.153. The Bertz CT molecular complexity index is 972. The van der Waals surface area contributed by atoms with Crippen LogP contribution in [0.25, 0.3) is 5.76 Å². The molecule has 0 saturated carbocycles.